The van der Waals surface area contributed by atoms with Crippen molar-refractivity contribution >= 4 is 34.0 Å². The highest BCUT2D eigenvalue weighted by molar-refractivity contribution is 5.94. The van der Waals surface area contributed by atoms with Gasteiger partial charge in [0.15, 0.2) is 0 Å². The molecule has 1 heterocycles. The molecule has 0 aliphatic carbocycles. The third kappa shape index (κ3) is 4.86. The van der Waals surface area contributed by atoms with Gasteiger partial charge >= 0.3 is 0 Å². The van der Waals surface area contributed by atoms with Crippen LogP contribution in [0.1, 0.15) is 25.3 Å². The van der Waals surface area contributed by atoms with Gasteiger partial charge in [0.05, 0.1) is 0 Å². The first-order valence-corrected chi connectivity index (χ1v) is 10.5. The van der Waals surface area contributed by atoms with Crippen LogP contribution in [0.15, 0.2) is 66.7 Å². The van der Waals surface area contributed by atoms with Crippen LogP contribution in [0, 0.1) is 5.92 Å². The number of nitrogens with zero attached hydrogens (tertiary/aromatic N) is 1. The molecule has 30 heavy (non-hydrogen) atoms. The van der Waals surface area contributed by atoms with Crippen LogP contribution in [0.25, 0.3) is 10.8 Å². The highest BCUT2D eigenvalue weighted by atomic mass is 16.2. The van der Waals surface area contributed by atoms with Crippen LogP contribution in [0.3, 0.4) is 0 Å². The van der Waals surface area contributed by atoms with E-state index in [9.17, 15) is 9.59 Å². The number of piperidine rings is 1. The predicted octanol–water partition coefficient (Wildman–Crippen LogP) is 4.65. The molecule has 3 aromatic rings. The first-order valence-electron chi connectivity index (χ1n) is 10.5. The topological polar surface area (TPSA) is 61.4 Å². The van der Waals surface area contributed by atoms with E-state index in [1.165, 1.54) is 23.3 Å². The van der Waals surface area contributed by atoms with Crippen LogP contribution in [-0.2, 0) is 16.1 Å². The molecule has 5 heteroatoms. The lowest BCUT2D eigenvalue weighted by Crippen LogP contribution is -2.37. The Labute approximate surface area is 177 Å². The lowest BCUT2D eigenvalue weighted by Gasteiger charge is -2.31. The number of likely N-dealkylation sites (tertiary alicyclic amines) is 1. The van der Waals surface area contributed by atoms with E-state index in [1.54, 1.807) is 6.07 Å². The van der Waals surface area contributed by atoms with Crippen LogP contribution >= 0.6 is 0 Å². The zero-order valence-corrected chi connectivity index (χ0v) is 17.2. The third-order valence-electron chi connectivity index (χ3n) is 5.68. The highest BCUT2D eigenvalue weighted by Gasteiger charge is 2.25. The van der Waals surface area contributed by atoms with E-state index in [2.05, 4.69) is 58.0 Å². The summed E-state index contributed by atoms with van der Waals surface area (Å²) in [4.78, 5) is 26.4. The Morgan fingerprint density at radius 2 is 1.57 bits per heavy atom. The number of fused-ring (bicyclic) bond motifs is 1. The summed E-state index contributed by atoms with van der Waals surface area (Å²) in [6.45, 7) is 4.20. The molecule has 3 aromatic carbocycles. The molecule has 1 aliphatic rings. The number of carbonyl (C=O) groups excluding carboxylic acids is 2. The fraction of sp³-hybridized carbons (Fsp3) is 0.280. The molecule has 0 unspecified atom stereocenters. The minimum atomic E-state index is -0.128. The van der Waals surface area contributed by atoms with E-state index < -0.39 is 0 Å². The molecule has 0 saturated carbocycles. The molecule has 5 nitrogen and oxygen atoms in total. The van der Waals surface area contributed by atoms with Gasteiger partial charge in [0.25, 0.3) is 0 Å². The maximum Gasteiger partial charge on any atom is 0.227 e. The van der Waals surface area contributed by atoms with Gasteiger partial charge in [0.1, 0.15) is 0 Å². The molecule has 0 aromatic heterocycles. The van der Waals surface area contributed by atoms with E-state index in [-0.39, 0.29) is 17.7 Å². The van der Waals surface area contributed by atoms with Crippen molar-refractivity contribution in [2.45, 2.75) is 26.3 Å². The van der Waals surface area contributed by atoms with Gasteiger partial charge in [-0.15, -0.1) is 0 Å². The fourth-order valence-electron chi connectivity index (χ4n) is 4.15. The van der Waals surface area contributed by atoms with Crippen molar-refractivity contribution in [1.29, 1.82) is 0 Å². The van der Waals surface area contributed by atoms with Crippen molar-refractivity contribution in [1.82, 2.24) is 4.90 Å². The van der Waals surface area contributed by atoms with Crippen molar-refractivity contribution in [3.05, 3.63) is 72.3 Å². The Kier molecular flexibility index (Phi) is 6.10. The minimum absolute atomic E-state index is 0.0122. The molecule has 0 atom stereocenters. The summed E-state index contributed by atoms with van der Waals surface area (Å²) in [5, 5.41) is 8.32. The van der Waals surface area contributed by atoms with Crippen LogP contribution in [-0.4, -0.2) is 29.8 Å². The second-order valence-electron chi connectivity index (χ2n) is 7.94. The number of hydrogen-bond donors (Lipinski definition) is 2. The molecule has 0 radical (unpaired) electrons. The van der Waals surface area contributed by atoms with Crippen molar-refractivity contribution in [3.8, 4) is 0 Å². The summed E-state index contributed by atoms with van der Waals surface area (Å²) in [5.74, 6) is -0.0602. The van der Waals surface area contributed by atoms with Crippen LogP contribution in [0.5, 0.6) is 0 Å². The summed E-state index contributed by atoms with van der Waals surface area (Å²) in [6, 6.07) is 22.2. The van der Waals surface area contributed by atoms with Gasteiger partial charge in [-0.25, -0.2) is 0 Å². The molecular weight excluding hydrogens is 374 g/mol. The third-order valence-corrected chi connectivity index (χ3v) is 5.68. The van der Waals surface area contributed by atoms with Crippen LogP contribution in [0.2, 0.25) is 0 Å². The van der Waals surface area contributed by atoms with Gasteiger partial charge in [-0.05, 0) is 60.5 Å². The standard InChI is InChI=1S/C25H27N3O2/c1-18(29)26-22-9-5-10-23(16-22)27-25(30)20-12-14-28(15-13-20)17-21-8-4-7-19-6-2-3-11-24(19)21/h2-11,16,20H,12-15,17H2,1H3,(H,26,29)(H,27,30). The summed E-state index contributed by atoms with van der Waals surface area (Å²) in [6.07, 6.45) is 1.70. The average molecular weight is 402 g/mol. The zero-order valence-electron chi connectivity index (χ0n) is 17.2. The van der Waals surface area contributed by atoms with Gasteiger partial charge < -0.3 is 10.6 Å². The smallest absolute Gasteiger partial charge is 0.227 e. The minimum Gasteiger partial charge on any atom is -0.326 e. The monoisotopic (exact) mass is 401 g/mol. The predicted molar refractivity (Wildman–Crippen MR) is 121 cm³/mol. The highest BCUT2D eigenvalue weighted by Crippen LogP contribution is 2.25. The molecule has 0 bridgehead atoms. The Bertz CT molecular complexity index is 1050. The number of anilines is 2. The summed E-state index contributed by atoms with van der Waals surface area (Å²) >= 11 is 0. The van der Waals surface area contributed by atoms with Gasteiger partial charge in [0, 0.05) is 30.8 Å². The average Bonchev–Trinajstić information content (AvgIpc) is 2.74. The molecule has 4 rings (SSSR count). The van der Waals surface area contributed by atoms with E-state index in [1.807, 2.05) is 18.2 Å². The van der Waals surface area contributed by atoms with E-state index in [0.717, 1.165) is 32.5 Å². The molecule has 0 spiro atoms. The summed E-state index contributed by atoms with van der Waals surface area (Å²) in [5.41, 5.74) is 2.74. The maximum absolute atomic E-state index is 12.7. The van der Waals surface area contributed by atoms with E-state index >= 15 is 0 Å². The van der Waals surface area contributed by atoms with Gasteiger partial charge in [-0.1, -0.05) is 48.5 Å². The lowest BCUT2D eigenvalue weighted by molar-refractivity contribution is -0.121. The first-order chi connectivity index (χ1) is 14.6. The van der Waals surface area contributed by atoms with E-state index in [0.29, 0.717) is 11.4 Å². The quantitative estimate of drug-likeness (QED) is 0.654. The molecule has 154 valence electrons. The second kappa shape index (κ2) is 9.09. The van der Waals surface area contributed by atoms with Crippen LogP contribution < -0.4 is 10.6 Å². The Morgan fingerprint density at radius 1 is 0.900 bits per heavy atom. The van der Waals surface area contributed by atoms with Crippen molar-refractivity contribution in [2.75, 3.05) is 23.7 Å². The number of nitrogens with one attached hydrogen (secondary N) is 2. The first kappa shape index (κ1) is 20.1. The zero-order chi connectivity index (χ0) is 20.9. The number of carbonyl (C=O) groups is 2. The fourth-order valence-corrected chi connectivity index (χ4v) is 4.15. The van der Waals surface area contributed by atoms with Crippen molar-refractivity contribution < 1.29 is 9.59 Å². The van der Waals surface area contributed by atoms with Crippen LogP contribution in [0.4, 0.5) is 11.4 Å². The van der Waals surface area contributed by atoms with Gasteiger partial charge in [0.2, 0.25) is 11.8 Å². The van der Waals surface area contributed by atoms with Gasteiger partial charge in [-0.2, -0.15) is 0 Å². The Morgan fingerprint density at radius 3 is 2.33 bits per heavy atom. The lowest BCUT2D eigenvalue weighted by atomic mass is 9.95. The Hall–Kier alpha value is -3.18. The number of amides is 2. The Balaban J connectivity index is 1.33. The van der Waals surface area contributed by atoms with Gasteiger partial charge in [-0.3, -0.25) is 14.5 Å². The molecular formula is C25H27N3O2. The van der Waals surface area contributed by atoms with Crippen molar-refractivity contribution in [2.24, 2.45) is 5.92 Å². The number of rotatable bonds is 5. The normalized spacial score (nSPS) is 15.1. The summed E-state index contributed by atoms with van der Waals surface area (Å²) < 4.78 is 0. The maximum atomic E-state index is 12.7. The molecule has 1 aliphatic heterocycles. The number of hydrogen-bond acceptors (Lipinski definition) is 3. The number of benzene rings is 3. The second-order valence-corrected chi connectivity index (χ2v) is 7.94. The molecule has 1 saturated heterocycles. The van der Waals surface area contributed by atoms with Crippen molar-refractivity contribution in [3.63, 3.8) is 0 Å². The SMILES string of the molecule is CC(=O)Nc1cccc(NC(=O)C2CCN(Cc3cccc4ccccc34)CC2)c1. The molecule has 1 fully saturated rings. The molecule has 2 N–H and O–H groups in total. The molecule has 2 amide bonds. The largest absolute Gasteiger partial charge is 0.326 e. The van der Waals surface area contributed by atoms with E-state index in [4.69, 9.17) is 0 Å². The summed E-state index contributed by atoms with van der Waals surface area (Å²) in [7, 11) is 0.